The van der Waals surface area contributed by atoms with Crippen LogP contribution in [0.25, 0.3) is 0 Å². The Labute approximate surface area is 183 Å². The average molecular weight is 445 g/mol. The van der Waals surface area contributed by atoms with Crippen LogP contribution in [0.1, 0.15) is 56.5 Å². The predicted octanol–water partition coefficient (Wildman–Crippen LogP) is 3.61. The lowest BCUT2D eigenvalue weighted by atomic mass is 9.87. The van der Waals surface area contributed by atoms with E-state index in [1.165, 1.54) is 31.2 Å². The summed E-state index contributed by atoms with van der Waals surface area (Å²) in [6, 6.07) is 13.0. The van der Waals surface area contributed by atoms with E-state index in [0.717, 1.165) is 18.4 Å². The molecule has 0 aliphatic heterocycles. The number of benzene rings is 2. The van der Waals surface area contributed by atoms with Gasteiger partial charge >= 0.3 is 5.97 Å². The van der Waals surface area contributed by atoms with Crippen molar-refractivity contribution in [3.05, 3.63) is 59.7 Å². The third-order valence-corrected chi connectivity index (χ3v) is 6.47. The maximum Gasteiger partial charge on any atom is 0.338 e. The quantitative estimate of drug-likeness (QED) is 0.635. The van der Waals surface area contributed by atoms with Gasteiger partial charge < -0.3 is 10.1 Å². The second-order valence-electron chi connectivity index (χ2n) is 8.79. The molecular formula is C23H28N2O5S. The van der Waals surface area contributed by atoms with Crippen molar-refractivity contribution >= 4 is 27.6 Å². The fourth-order valence-corrected chi connectivity index (χ4v) is 4.21. The third-order valence-electron chi connectivity index (χ3n) is 4.95. The lowest BCUT2D eigenvalue weighted by molar-refractivity contribution is -0.123. The molecule has 1 saturated carbocycles. The zero-order valence-corrected chi connectivity index (χ0v) is 19.0. The summed E-state index contributed by atoms with van der Waals surface area (Å²) in [5.74, 6) is -1.25. The molecule has 1 fully saturated rings. The van der Waals surface area contributed by atoms with Gasteiger partial charge in [-0.05, 0) is 61.1 Å². The summed E-state index contributed by atoms with van der Waals surface area (Å²) in [6.07, 6.45) is 0.568. The van der Waals surface area contributed by atoms with E-state index in [9.17, 15) is 18.0 Å². The molecule has 0 aromatic heterocycles. The van der Waals surface area contributed by atoms with Gasteiger partial charge in [0.15, 0.2) is 6.10 Å². The average Bonchev–Trinajstić information content (AvgIpc) is 3.51. The Kier molecular flexibility index (Phi) is 6.52. The first-order chi connectivity index (χ1) is 14.5. The Morgan fingerprint density at radius 1 is 1.06 bits per heavy atom. The van der Waals surface area contributed by atoms with Crippen molar-refractivity contribution in [1.29, 1.82) is 0 Å². The molecule has 2 aromatic carbocycles. The molecule has 2 N–H and O–H groups in total. The van der Waals surface area contributed by atoms with Gasteiger partial charge in [-0.25, -0.2) is 17.9 Å². The highest BCUT2D eigenvalue weighted by Gasteiger charge is 2.28. The molecule has 0 saturated heterocycles. The molecule has 0 bridgehead atoms. The number of hydrogen-bond acceptors (Lipinski definition) is 5. The van der Waals surface area contributed by atoms with E-state index in [0.29, 0.717) is 5.69 Å². The maximum absolute atomic E-state index is 12.5. The first-order valence-corrected chi connectivity index (χ1v) is 11.7. The topological polar surface area (TPSA) is 102 Å². The number of anilines is 1. The van der Waals surface area contributed by atoms with Crippen molar-refractivity contribution in [3.63, 3.8) is 0 Å². The highest BCUT2D eigenvalue weighted by molar-refractivity contribution is 7.89. The number of esters is 1. The Hall–Kier alpha value is -2.71. The minimum absolute atomic E-state index is 0.00154. The van der Waals surface area contributed by atoms with Crippen molar-refractivity contribution in [2.45, 2.75) is 63.0 Å². The van der Waals surface area contributed by atoms with E-state index in [-0.39, 0.29) is 21.9 Å². The van der Waals surface area contributed by atoms with Crippen LogP contribution in [0.4, 0.5) is 5.69 Å². The normalized spacial score (nSPS) is 15.2. The van der Waals surface area contributed by atoms with Crippen LogP contribution in [-0.4, -0.2) is 32.4 Å². The number of carbonyl (C=O) groups excluding carboxylic acids is 2. The Balaban J connectivity index is 1.62. The van der Waals surface area contributed by atoms with Crippen LogP contribution in [0.3, 0.4) is 0 Å². The molecule has 2 aromatic rings. The van der Waals surface area contributed by atoms with Gasteiger partial charge in [-0.3, -0.25) is 4.79 Å². The fraction of sp³-hybridized carbons (Fsp3) is 0.391. The predicted molar refractivity (Wildman–Crippen MR) is 118 cm³/mol. The van der Waals surface area contributed by atoms with Gasteiger partial charge in [-0.2, -0.15) is 0 Å². The van der Waals surface area contributed by atoms with Crippen molar-refractivity contribution in [1.82, 2.24) is 4.72 Å². The van der Waals surface area contributed by atoms with Gasteiger partial charge in [0.1, 0.15) is 0 Å². The largest absolute Gasteiger partial charge is 0.449 e. The summed E-state index contributed by atoms with van der Waals surface area (Å²) in [5.41, 5.74) is 1.80. The van der Waals surface area contributed by atoms with Crippen molar-refractivity contribution in [2.24, 2.45) is 0 Å². The lowest BCUT2D eigenvalue weighted by Gasteiger charge is -2.19. The van der Waals surface area contributed by atoms with Crippen LogP contribution in [0.2, 0.25) is 0 Å². The number of rotatable bonds is 7. The Morgan fingerprint density at radius 2 is 1.71 bits per heavy atom. The molecule has 31 heavy (non-hydrogen) atoms. The molecule has 7 nitrogen and oxygen atoms in total. The van der Waals surface area contributed by atoms with Crippen LogP contribution in [0, 0.1) is 0 Å². The molecule has 8 heteroatoms. The molecular weight excluding hydrogens is 416 g/mol. The van der Waals surface area contributed by atoms with Gasteiger partial charge in [0, 0.05) is 11.7 Å². The van der Waals surface area contributed by atoms with E-state index < -0.39 is 28.0 Å². The molecule has 3 rings (SSSR count). The van der Waals surface area contributed by atoms with E-state index in [4.69, 9.17) is 4.74 Å². The van der Waals surface area contributed by atoms with Crippen LogP contribution >= 0.6 is 0 Å². The monoisotopic (exact) mass is 444 g/mol. The summed E-state index contributed by atoms with van der Waals surface area (Å²) in [5, 5.41) is 2.72. The van der Waals surface area contributed by atoms with Gasteiger partial charge in [0.25, 0.3) is 5.91 Å². The third kappa shape index (κ3) is 6.15. The Morgan fingerprint density at radius 3 is 2.29 bits per heavy atom. The lowest BCUT2D eigenvalue weighted by Crippen LogP contribution is -2.30. The molecule has 0 heterocycles. The first kappa shape index (κ1) is 23.0. The first-order valence-electron chi connectivity index (χ1n) is 10.2. The molecule has 0 spiro atoms. The SMILES string of the molecule is CC(OC(=O)c1cccc(S(=O)(=O)NC2CC2)c1)C(=O)Nc1ccc(C(C)(C)C)cc1. The minimum Gasteiger partial charge on any atom is -0.449 e. The Bertz CT molecular complexity index is 1070. The number of amides is 1. The van der Waals surface area contributed by atoms with Crippen molar-refractivity contribution in [3.8, 4) is 0 Å². The van der Waals surface area contributed by atoms with E-state index in [1.54, 1.807) is 12.1 Å². The summed E-state index contributed by atoms with van der Waals surface area (Å²) in [4.78, 5) is 24.9. The molecule has 1 atom stereocenters. The van der Waals surface area contributed by atoms with Crippen molar-refractivity contribution < 1.29 is 22.7 Å². The maximum atomic E-state index is 12.5. The fourth-order valence-electron chi connectivity index (χ4n) is 2.86. The second-order valence-corrected chi connectivity index (χ2v) is 10.5. The van der Waals surface area contributed by atoms with Crippen LogP contribution < -0.4 is 10.0 Å². The summed E-state index contributed by atoms with van der Waals surface area (Å²) in [6.45, 7) is 7.77. The van der Waals surface area contributed by atoms with Gasteiger partial charge in [-0.1, -0.05) is 39.0 Å². The molecule has 1 unspecified atom stereocenters. The number of hydrogen-bond donors (Lipinski definition) is 2. The molecule has 166 valence electrons. The number of ether oxygens (including phenoxy) is 1. The van der Waals surface area contributed by atoms with Crippen LogP contribution in [-0.2, 0) is 25.0 Å². The highest BCUT2D eigenvalue weighted by Crippen LogP contribution is 2.24. The minimum atomic E-state index is -3.69. The molecule has 1 aliphatic rings. The van der Waals surface area contributed by atoms with E-state index in [2.05, 4.69) is 30.8 Å². The van der Waals surface area contributed by atoms with E-state index in [1.807, 2.05) is 12.1 Å². The smallest absolute Gasteiger partial charge is 0.338 e. The van der Waals surface area contributed by atoms with Crippen LogP contribution in [0.15, 0.2) is 53.4 Å². The van der Waals surface area contributed by atoms with E-state index >= 15 is 0 Å². The molecule has 0 radical (unpaired) electrons. The number of nitrogens with one attached hydrogen (secondary N) is 2. The number of sulfonamides is 1. The van der Waals surface area contributed by atoms with Gasteiger partial charge in [0.05, 0.1) is 10.5 Å². The van der Waals surface area contributed by atoms with Gasteiger partial charge in [0.2, 0.25) is 10.0 Å². The second kappa shape index (κ2) is 8.80. The highest BCUT2D eigenvalue weighted by atomic mass is 32.2. The van der Waals surface area contributed by atoms with Crippen LogP contribution in [0.5, 0.6) is 0 Å². The van der Waals surface area contributed by atoms with Crippen molar-refractivity contribution in [2.75, 3.05) is 5.32 Å². The summed E-state index contributed by atoms with van der Waals surface area (Å²) >= 11 is 0. The standard InChI is InChI=1S/C23H28N2O5S/c1-15(21(26)24-18-10-8-17(9-11-18)23(2,3)4)30-22(27)16-6-5-7-20(14-16)31(28,29)25-19-12-13-19/h5-11,14-15,19,25H,12-13H2,1-4H3,(H,24,26). The van der Waals surface area contributed by atoms with Gasteiger partial charge in [-0.15, -0.1) is 0 Å². The zero-order valence-electron chi connectivity index (χ0n) is 18.1. The molecule has 1 amide bonds. The molecule has 1 aliphatic carbocycles. The zero-order chi connectivity index (χ0) is 22.8. The summed E-state index contributed by atoms with van der Waals surface area (Å²) < 4.78 is 32.5. The summed E-state index contributed by atoms with van der Waals surface area (Å²) in [7, 11) is -3.69. The number of carbonyl (C=O) groups is 2.